The summed E-state index contributed by atoms with van der Waals surface area (Å²) in [5.41, 5.74) is 2.46. The minimum atomic E-state index is -0.378. The van der Waals surface area contributed by atoms with E-state index in [0.717, 1.165) is 24.0 Å². The van der Waals surface area contributed by atoms with Crippen molar-refractivity contribution in [3.05, 3.63) is 107 Å². The first-order chi connectivity index (χ1) is 14.1. The SMILES string of the molecule is C=NC.O=C(N/C(=C\C1=CC=CCC1)OCc1ccccc1)c1ccc(F)cc1. The quantitative estimate of drug-likeness (QED) is 0.542. The molecule has 29 heavy (non-hydrogen) atoms. The van der Waals surface area contributed by atoms with Crippen LogP contribution in [0.5, 0.6) is 0 Å². The molecule has 0 heterocycles. The molecule has 0 bridgehead atoms. The van der Waals surface area contributed by atoms with Crippen LogP contribution in [-0.2, 0) is 11.3 Å². The molecular weight excluding hydrogens is 367 g/mol. The standard InChI is InChI=1S/C22H20FNO2.C2H5N/c23-20-13-11-19(12-14-20)22(25)24-21(15-17-7-3-1-4-8-17)26-16-18-9-5-2-6-10-18;1-3-2/h1-3,5-7,9-15H,4,8,16H2,(H,24,25);1H2,2H3/b21-15+;. The summed E-state index contributed by atoms with van der Waals surface area (Å²) < 4.78 is 18.9. The minimum Gasteiger partial charge on any atom is -0.474 e. The van der Waals surface area contributed by atoms with Gasteiger partial charge in [-0.1, -0.05) is 48.6 Å². The molecule has 2 aromatic carbocycles. The van der Waals surface area contributed by atoms with Crippen LogP contribution in [0.4, 0.5) is 4.39 Å². The molecule has 0 radical (unpaired) electrons. The van der Waals surface area contributed by atoms with Gasteiger partial charge < -0.3 is 9.73 Å². The second-order valence-corrected chi connectivity index (χ2v) is 6.27. The van der Waals surface area contributed by atoms with Crippen molar-refractivity contribution in [1.82, 2.24) is 5.32 Å². The molecule has 3 rings (SSSR count). The normalized spacial score (nSPS) is 12.9. The van der Waals surface area contributed by atoms with Gasteiger partial charge in [0.1, 0.15) is 12.4 Å². The first-order valence-corrected chi connectivity index (χ1v) is 9.28. The van der Waals surface area contributed by atoms with Crippen molar-refractivity contribution in [2.45, 2.75) is 19.4 Å². The Morgan fingerprint density at radius 2 is 1.90 bits per heavy atom. The summed E-state index contributed by atoms with van der Waals surface area (Å²) in [4.78, 5) is 15.7. The largest absolute Gasteiger partial charge is 0.474 e. The average molecular weight is 392 g/mol. The Morgan fingerprint density at radius 1 is 1.21 bits per heavy atom. The molecule has 1 N–H and O–H groups in total. The van der Waals surface area contributed by atoms with Crippen molar-refractivity contribution in [1.29, 1.82) is 0 Å². The zero-order chi connectivity index (χ0) is 20.9. The van der Waals surface area contributed by atoms with Gasteiger partial charge in [0.25, 0.3) is 5.91 Å². The van der Waals surface area contributed by atoms with Crippen LogP contribution in [-0.4, -0.2) is 19.7 Å². The van der Waals surface area contributed by atoms with Gasteiger partial charge in [-0.25, -0.2) is 4.39 Å². The number of nitrogens with one attached hydrogen (secondary N) is 1. The number of carbonyl (C=O) groups excluding carboxylic acids is 1. The van der Waals surface area contributed by atoms with Crippen LogP contribution in [0.3, 0.4) is 0 Å². The van der Waals surface area contributed by atoms with E-state index in [2.05, 4.69) is 23.1 Å². The second kappa shape index (κ2) is 12.1. The molecule has 1 aliphatic rings. The lowest BCUT2D eigenvalue weighted by Gasteiger charge is -2.14. The predicted octanol–water partition coefficient (Wildman–Crippen LogP) is 5.21. The summed E-state index contributed by atoms with van der Waals surface area (Å²) in [5, 5.41) is 2.78. The summed E-state index contributed by atoms with van der Waals surface area (Å²) in [5.74, 6) is -0.335. The highest BCUT2D eigenvalue weighted by Gasteiger charge is 2.10. The fourth-order valence-electron chi connectivity index (χ4n) is 2.54. The number of halogens is 1. The maximum absolute atomic E-state index is 13.0. The highest BCUT2D eigenvalue weighted by atomic mass is 19.1. The van der Waals surface area contributed by atoms with E-state index in [1.165, 1.54) is 24.3 Å². The summed E-state index contributed by atoms with van der Waals surface area (Å²) in [6.45, 7) is 3.46. The Balaban J connectivity index is 0.000000941. The number of nitrogens with zero attached hydrogens (tertiary/aromatic N) is 1. The Kier molecular flexibility index (Phi) is 9.09. The maximum atomic E-state index is 13.0. The van der Waals surface area contributed by atoms with Crippen LogP contribution in [0.15, 0.2) is 95.3 Å². The van der Waals surface area contributed by atoms with Crippen LogP contribution in [0, 0.1) is 5.82 Å². The average Bonchev–Trinajstić information content (AvgIpc) is 2.74. The molecule has 0 fully saturated rings. The van der Waals surface area contributed by atoms with E-state index in [-0.39, 0.29) is 11.7 Å². The fraction of sp³-hybridized carbons (Fsp3) is 0.167. The number of hydrogen-bond acceptors (Lipinski definition) is 3. The number of amides is 1. The van der Waals surface area contributed by atoms with Gasteiger partial charge >= 0.3 is 0 Å². The number of ether oxygens (including phenoxy) is 1. The van der Waals surface area contributed by atoms with E-state index in [4.69, 9.17) is 4.74 Å². The van der Waals surface area contributed by atoms with E-state index in [9.17, 15) is 9.18 Å². The Hall–Kier alpha value is -3.47. The van der Waals surface area contributed by atoms with E-state index in [1.807, 2.05) is 48.6 Å². The third-order valence-corrected chi connectivity index (χ3v) is 3.94. The molecular formula is C24H25FN2O2. The highest BCUT2D eigenvalue weighted by molar-refractivity contribution is 5.95. The number of hydrogen-bond donors (Lipinski definition) is 1. The third kappa shape index (κ3) is 7.97. The summed E-state index contributed by atoms with van der Waals surface area (Å²) in [6, 6.07) is 15.2. The first kappa shape index (κ1) is 21.8. The minimum absolute atomic E-state index is 0.337. The van der Waals surface area contributed by atoms with Crippen molar-refractivity contribution in [3.8, 4) is 0 Å². The molecule has 0 unspecified atom stereocenters. The molecule has 4 nitrogen and oxygen atoms in total. The molecule has 0 atom stereocenters. The van der Waals surface area contributed by atoms with Crippen LogP contribution in [0.2, 0.25) is 0 Å². The van der Waals surface area contributed by atoms with E-state index >= 15 is 0 Å². The van der Waals surface area contributed by atoms with Gasteiger partial charge in [-0.2, -0.15) is 0 Å². The lowest BCUT2D eigenvalue weighted by atomic mass is 10.1. The van der Waals surface area contributed by atoms with Gasteiger partial charge in [0, 0.05) is 18.7 Å². The van der Waals surface area contributed by atoms with Gasteiger partial charge in [0.2, 0.25) is 0 Å². The first-order valence-electron chi connectivity index (χ1n) is 9.28. The van der Waals surface area contributed by atoms with Gasteiger partial charge in [-0.15, -0.1) is 0 Å². The molecule has 0 saturated heterocycles. The molecule has 1 aliphatic carbocycles. The van der Waals surface area contributed by atoms with Crippen LogP contribution in [0.25, 0.3) is 0 Å². The van der Waals surface area contributed by atoms with Crippen molar-refractivity contribution in [2.75, 3.05) is 7.05 Å². The molecule has 150 valence electrons. The van der Waals surface area contributed by atoms with Crippen LogP contribution in [0.1, 0.15) is 28.8 Å². The molecule has 0 saturated carbocycles. The van der Waals surface area contributed by atoms with E-state index in [1.54, 1.807) is 7.05 Å². The summed E-state index contributed by atoms with van der Waals surface area (Å²) in [6.07, 6.45) is 9.78. The zero-order valence-electron chi connectivity index (χ0n) is 16.5. The van der Waals surface area contributed by atoms with Gasteiger partial charge in [-0.05, 0) is 55.0 Å². The van der Waals surface area contributed by atoms with Crippen LogP contribution < -0.4 is 5.32 Å². The summed E-state index contributed by atoms with van der Waals surface area (Å²) in [7, 11) is 1.64. The molecule has 5 heteroatoms. The second-order valence-electron chi connectivity index (χ2n) is 6.27. The predicted molar refractivity (Wildman–Crippen MR) is 115 cm³/mol. The molecule has 0 spiro atoms. The zero-order valence-corrected chi connectivity index (χ0v) is 16.5. The topological polar surface area (TPSA) is 50.7 Å². The van der Waals surface area contributed by atoms with Gasteiger partial charge in [0.05, 0.1) is 0 Å². The number of allylic oxidation sites excluding steroid dienone is 5. The monoisotopic (exact) mass is 392 g/mol. The number of aliphatic imine (C=N–C) groups is 1. The number of carbonyl (C=O) groups is 1. The lowest BCUT2D eigenvalue weighted by molar-refractivity contribution is 0.0910. The Morgan fingerprint density at radius 3 is 2.52 bits per heavy atom. The Bertz CT molecular complexity index is 885. The Labute approximate surface area is 171 Å². The van der Waals surface area contributed by atoms with Crippen LogP contribution >= 0.6 is 0 Å². The van der Waals surface area contributed by atoms with Crippen molar-refractivity contribution in [2.24, 2.45) is 4.99 Å². The third-order valence-electron chi connectivity index (χ3n) is 3.94. The van der Waals surface area contributed by atoms with Gasteiger partial charge in [-0.3, -0.25) is 10.1 Å². The van der Waals surface area contributed by atoms with Crippen molar-refractivity contribution >= 4 is 12.6 Å². The smallest absolute Gasteiger partial charge is 0.257 e. The summed E-state index contributed by atoms with van der Waals surface area (Å²) >= 11 is 0. The fourth-order valence-corrected chi connectivity index (χ4v) is 2.54. The molecule has 0 aliphatic heterocycles. The van der Waals surface area contributed by atoms with Crippen molar-refractivity contribution in [3.63, 3.8) is 0 Å². The number of rotatable bonds is 6. The molecule has 2 aromatic rings. The van der Waals surface area contributed by atoms with E-state index < -0.39 is 0 Å². The molecule has 0 aromatic heterocycles. The van der Waals surface area contributed by atoms with E-state index in [0.29, 0.717) is 18.1 Å². The number of benzene rings is 2. The maximum Gasteiger partial charge on any atom is 0.257 e. The highest BCUT2D eigenvalue weighted by Crippen LogP contribution is 2.16. The lowest BCUT2D eigenvalue weighted by Crippen LogP contribution is -2.24. The van der Waals surface area contributed by atoms with Crippen molar-refractivity contribution < 1.29 is 13.9 Å². The molecule has 1 amide bonds. The van der Waals surface area contributed by atoms with Gasteiger partial charge in [0.15, 0.2) is 5.88 Å².